The minimum absolute atomic E-state index is 0.350. The number of carbonyl (C=O) groups is 2. The van der Waals surface area contributed by atoms with Crippen molar-refractivity contribution in [2.75, 3.05) is 6.54 Å². The normalized spacial score (nSPS) is 22.4. The summed E-state index contributed by atoms with van der Waals surface area (Å²) >= 11 is 0. The van der Waals surface area contributed by atoms with E-state index in [-0.39, 0.29) is 5.92 Å². The highest BCUT2D eigenvalue weighted by atomic mass is 16.5. The average molecular weight is 439 g/mol. The van der Waals surface area contributed by atoms with E-state index in [0.29, 0.717) is 38.5 Å². The van der Waals surface area contributed by atoms with Gasteiger partial charge in [0.05, 0.1) is 0 Å². The number of carboxylic acids is 1. The Bertz CT molecular complexity index is 937. The lowest BCUT2D eigenvalue weighted by atomic mass is 9.85. The van der Waals surface area contributed by atoms with Crippen LogP contribution in [0.4, 0.5) is 0 Å². The summed E-state index contributed by atoms with van der Waals surface area (Å²) in [6, 6.07) is -0.925. The lowest BCUT2D eigenvalue weighted by molar-refractivity contribution is -0.135. The van der Waals surface area contributed by atoms with E-state index in [1.54, 1.807) is 0 Å². The number of carboxylic acid groups (broad SMARTS) is 1. The fourth-order valence-electron chi connectivity index (χ4n) is 4.72. The number of aliphatic hydroxyl groups is 2. The van der Waals surface area contributed by atoms with Gasteiger partial charge in [0, 0.05) is 18.0 Å². The molecule has 0 saturated heterocycles. The second kappa shape index (κ2) is 9.65. The third kappa shape index (κ3) is 4.82. The Labute approximate surface area is 177 Å². The highest BCUT2D eigenvalue weighted by Crippen LogP contribution is 2.35. The Morgan fingerprint density at radius 3 is 2.06 bits per heavy atom. The quantitative estimate of drug-likeness (QED) is 0.388. The van der Waals surface area contributed by atoms with E-state index in [4.69, 9.17) is 5.11 Å². The van der Waals surface area contributed by atoms with Gasteiger partial charge in [0.1, 0.15) is 6.54 Å². The first-order chi connectivity index (χ1) is 14.7. The Kier molecular flexibility index (Phi) is 7.16. The Morgan fingerprint density at radius 1 is 0.935 bits per heavy atom. The van der Waals surface area contributed by atoms with Gasteiger partial charge in [-0.3, -0.25) is 23.5 Å². The molecule has 0 atom stereocenters. The van der Waals surface area contributed by atoms with Crippen LogP contribution in [0.5, 0.6) is 5.88 Å². The Morgan fingerprint density at radius 2 is 1.52 bits per heavy atom. The molecule has 2 aliphatic carbocycles. The van der Waals surface area contributed by atoms with Crippen molar-refractivity contribution in [3.63, 3.8) is 0 Å². The lowest BCUT2D eigenvalue weighted by Crippen LogP contribution is -2.48. The van der Waals surface area contributed by atoms with Crippen molar-refractivity contribution in [3.05, 3.63) is 26.4 Å². The molecule has 172 valence electrons. The van der Waals surface area contributed by atoms with Gasteiger partial charge >= 0.3 is 11.7 Å². The molecule has 2 fully saturated rings. The van der Waals surface area contributed by atoms with Gasteiger partial charge in [0.2, 0.25) is 5.88 Å². The highest BCUT2D eigenvalue weighted by Gasteiger charge is 2.33. The second-order valence-corrected chi connectivity index (χ2v) is 8.38. The predicted octanol–water partition coefficient (Wildman–Crippen LogP) is 0.0772. The van der Waals surface area contributed by atoms with Gasteiger partial charge in [-0.2, -0.15) is 0 Å². The number of aliphatic hydroxyl groups excluding tert-OH is 1. The fraction of sp³-hybridized carbons (Fsp3) is 0.700. The molecule has 1 amide bonds. The SMILES string of the molecule is O=C(O)CNC(=O)c1c(O)n(C2CCC(C(O)O)CC2)c(=O)n(C2CCCCC2)c1=O. The van der Waals surface area contributed by atoms with Gasteiger partial charge in [0.25, 0.3) is 11.5 Å². The summed E-state index contributed by atoms with van der Waals surface area (Å²) in [5.41, 5.74) is -2.26. The summed E-state index contributed by atoms with van der Waals surface area (Å²) < 4.78 is 2.08. The van der Waals surface area contributed by atoms with Crippen LogP contribution < -0.4 is 16.6 Å². The monoisotopic (exact) mass is 439 g/mol. The molecule has 5 N–H and O–H groups in total. The highest BCUT2D eigenvalue weighted by molar-refractivity contribution is 5.97. The molecule has 1 aromatic heterocycles. The van der Waals surface area contributed by atoms with Crippen molar-refractivity contribution in [2.24, 2.45) is 5.92 Å². The number of nitrogens with one attached hydrogen (secondary N) is 1. The Hall–Kier alpha value is -2.66. The summed E-state index contributed by atoms with van der Waals surface area (Å²) in [5, 5.41) is 40.5. The molecule has 2 aliphatic rings. The fourth-order valence-corrected chi connectivity index (χ4v) is 4.72. The largest absolute Gasteiger partial charge is 0.494 e. The molecule has 2 saturated carbocycles. The smallest absolute Gasteiger partial charge is 0.334 e. The first-order valence-electron chi connectivity index (χ1n) is 10.7. The molecule has 3 rings (SSSR count). The summed E-state index contributed by atoms with van der Waals surface area (Å²) in [4.78, 5) is 49.8. The summed E-state index contributed by atoms with van der Waals surface area (Å²) in [6.45, 7) is -0.736. The zero-order chi connectivity index (χ0) is 22.7. The van der Waals surface area contributed by atoms with E-state index in [0.717, 1.165) is 28.4 Å². The molecule has 0 aliphatic heterocycles. The molecule has 31 heavy (non-hydrogen) atoms. The van der Waals surface area contributed by atoms with Gasteiger partial charge in [-0.05, 0) is 38.5 Å². The molecule has 0 unspecified atom stereocenters. The molecular weight excluding hydrogens is 410 g/mol. The van der Waals surface area contributed by atoms with E-state index in [2.05, 4.69) is 5.32 Å². The van der Waals surface area contributed by atoms with Crippen molar-refractivity contribution in [3.8, 4) is 5.88 Å². The molecule has 11 nitrogen and oxygen atoms in total. The van der Waals surface area contributed by atoms with E-state index in [1.165, 1.54) is 0 Å². The summed E-state index contributed by atoms with van der Waals surface area (Å²) in [5.74, 6) is -3.49. The van der Waals surface area contributed by atoms with Crippen LogP contribution in [0.3, 0.4) is 0 Å². The summed E-state index contributed by atoms with van der Waals surface area (Å²) in [6.07, 6.45) is 3.88. The number of rotatable bonds is 6. The first kappa shape index (κ1) is 23.0. The minimum atomic E-state index is -1.47. The molecule has 0 radical (unpaired) electrons. The zero-order valence-corrected chi connectivity index (χ0v) is 17.2. The number of nitrogens with zero attached hydrogens (tertiary/aromatic N) is 2. The van der Waals surface area contributed by atoms with Gasteiger partial charge in [-0.15, -0.1) is 0 Å². The van der Waals surface area contributed by atoms with Crippen molar-refractivity contribution < 1.29 is 30.0 Å². The number of aliphatic carboxylic acids is 1. The maximum Gasteiger partial charge on any atom is 0.334 e. The van der Waals surface area contributed by atoms with Crippen molar-refractivity contribution >= 4 is 11.9 Å². The number of aromatic nitrogens is 2. The van der Waals surface area contributed by atoms with Crippen LogP contribution in [0.15, 0.2) is 9.59 Å². The van der Waals surface area contributed by atoms with Gasteiger partial charge in [-0.1, -0.05) is 19.3 Å². The summed E-state index contributed by atoms with van der Waals surface area (Å²) in [7, 11) is 0. The number of amides is 1. The van der Waals surface area contributed by atoms with Crippen LogP contribution in [0.1, 0.15) is 80.2 Å². The topological polar surface area (TPSA) is 171 Å². The van der Waals surface area contributed by atoms with Crippen LogP contribution in [-0.2, 0) is 4.79 Å². The van der Waals surface area contributed by atoms with Crippen LogP contribution in [0.2, 0.25) is 0 Å². The Balaban J connectivity index is 2.07. The lowest BCUT2D eigenvalue weighted by Gasteiger charge is -2.32. The van der Waals surface area contributed by atoms with Crippen LogP contribution in [0.25, 0.3) is 0 Å². The number of hydrogen-bond acceptors (Lipinski definition) is 7. The van der Waals surface area contributed by atoms with Crippen molar-refractivity contribution in [1.82, 2.24) is 14.5 Å². The van der Waals surface area contributed by atoms with Gasteiger partial charge in [-0.25, -0.2) is 4.79 Å². The number of aromatic hydroxyl groups is 1. The average Bonchev–Trinajstić information content (AvgIpc) is 2.73. The molecular formula is C20H29N3O8. The molecule has 0 bridgehead atoms. The van der Waals surface area contributed by atoms with Crippen LogP contribution in [-0.4, -0.2) is 54.3 Å². The second-order valence-electron chi connectivity index (χ2n) is 8.38. The zero-order valence-electron chi connectivity index (χ0n) is 17.2. The third-order valence-electron chi connectivity index (χ3n) is 6.39. The van der Waals surface area contributed by atoms with Gasteiger partial charge < -0.3 is 25.7 Å². The van der Waals surface area contributed by atoms with E-state index < -0.39 is 59.5 Å². The minimum Gasteiger partial charge on any atom is -0.494 e. The molecule has 0 spiro atoms. The molecule has 1 heterocycles. The third-order valence-corrected chi connectivity index (χ3v) is 6.39. The number of hydrogen-bond donors (Lipinski definition) is 5. The molecule has 0 aromatic carbocycles. The van der Waals surface area contributed by atoms with Crippen molar-refractivity contribution in [1.29, 1.82) is 0 Å². The first-order valence-corrected chi connectivity index (χ1v) is 10.7. The molecule has 11 heteroatoms. The molecule has 1 aromatic rings. The van der Waals surface area contributed by atoms with Crippen molar-refractivity contribution in [2.45, 2.75) is 76.2 Å². The van der Waals surface area contributed by atoms with E-state index in [1.807, 2.05) is 0 Å². The standard InChI is InChI=1S/C20H29N3O8/c24-14(25)10-21-16(26)15-17(27)22(12-4-2-1-3-5-12)20(31)23(18(15)28)13-8-6-11(7-9-13)19(29)30/h11-13,19,28-30H,1-10H2,(H,21,26)(H,24,25). The van der Waals surface area contributed by atoms with Crippen LogP contribution in [0, 0.1) is 5.92 Å². The van der Waals surface area contributed by atoms with E-state index >= 15 is 0 Å². The number of carbonyl (C=O) groups excluding carboxylic acids is 1. The van der Waals surface area contributed by atoms with Gasteiger partial charge in [0.15, 0.2) is 11.9 Å². The van der Waals surface area contributed by atoms with E-state index in [9.17, 15) is 34.5 Å². The maximum absolute atomic E-state index is 13.3. The maximum atomic E-state index is 13.3. The van der Waals surface area contributed by atoms with Crippen LogP contribution >= 0.6 is 0 Å². The predicted molar refractivity (Wildman–Crippen MR) is 108 cm³/mol.